The Balaban J connectivity index is 1.29. The van der Waals surface area contributed by atoms with Crippen molar-refractivity contribution in [1.82, 2.24) is 24.4 Å². The van der Waals surface area contributed by atoms with Crippen molar-refractivity contribution in [2.75, 3.05) is 44.6 Å². The zero-order valence-corrected chi connectivity index (χ0v) is 17.5. The van der Waals surface area contributed by atoms with Gasteiger partial charge in [-0.3, -0.25) is 14.6 Å². The lowest BCUT2D eigenvalue weighted by molar-refractivity contribution is 0.0219. The van der Waals surface area contributed by atoms with Gasteiger partial charge in [0.15, 0.2) is 11.4 Å². The maximum absolute atomic E-state index is 12.0. The molecule has 0 bridgehead atoms. The minimum Gasteiger partial charge on any atom is -0.379 e. The maximum atomic E-state index is 12.0. The van der Waals surface area contributed by atoms with Gasteiger partial charge in [-0.2, -0.15) is 5.10 Å². The van der Waals surface area contributed by atoms with E-state index in [1.807, 2.05) is 16.8 Å². The number of likely N-dealkylation sites (tertiary alicyclic amines) is 1. The first-order chi connectivity index (χ1) is 13.9. The van der Waals surface area contributed by atoms with Gasteiger partial charge in [0.25, 0.3) is 0 Å². The van der Waals surface area contributed by atoms with Crippen LogP contribution in [0, 0.1) is 0 Å². The fourth-order valence-corrected chi connectivity index (χ4v) is 4.69. The highest BCUT2D eigenvalue weighted by atomic mass is 16.5. The first-order valence-corrected chi connectivity index (χ1v) is 10.7. The highest BCUT2D eigenvalue weighted by Gasteiger charge is 2.57. The lowest BCUT2D eigenvalue weighted by Gasteiger charge is -2.34. The first kappa shape index (κ1) is 19.0. The van der Waals surface area contributed by atoms with Crippen LogP contribution in [0.3, 0.4) is 0 Å². The molecule has 3 saturated heterocycles. The fraction of sp³-hybridized carbons (Fsp3) is 0.667. The Morgan fingerprint density at radius 2 is 2.14 bits per heavy atom. The summed E-state index contributed by atoms with van der Waals surface area (Å²) in [5, 5.41) is 8.19. The summed E-state index contributed by atoms with van der Waals surface area (Å²) in [7, 11) is 0. The quantitative estimate of drug-likeness (QED) is 0.589. The van der Waals surface area contributed by atoms with Gasteiger partial charge in [0, 0.05) is 45.7 Å². The van der Waals surface area contributed by atoms with E-state index in [1.54, 1.807) is 6.92 Å². The molecule has 3 aliphatic rings. The third-order valence-electron chi connectivity index (χ3n) is 6.51. The molecular weight excluding hydrogens is 368 g/mol. The third-order valence-corrected chi connectivity index (χ3v) is 6.51. The molecule has 2 aromatic heterocycles. The van der Waals surface area contributed by atoms with Crippen molar-refractivity contribution >= 4 is 17.1 Å². The van der Waals surface area contributed by atoms with Gasteiger partial charge in [-0.15, -0.1) is 0 Å². The molecule has 0 radical (unpaired) electrons. The summed E-state index contributed by atoms with van der Waals surface area (Å²) in [4.78, 5) is 21.6. The number of carbonyl (C=O) groups is 1. The van der Waals surface area contributed by atoms with Crippen LogP contribution in [0.25, 0.3) is 5.65 Å². The standard InChI is InChI=1S/C21H30N6O2/c1-14(2)19-11-22-20-18(10-17(15(3)28)24-27(19)20)23-16-4-6-25(7-5-16)12-21-13-26(21)8-9-29-21/h10-11,14,16,23H,4-9,12-13H2,1-3H3. The van der Waals surface area contributed by atoms with Crippen LogP contribution in [0.4, 0.5) is 5.69 Å². The predicted octanol–water partition coefficient (Wildman–Crippen LogP) is 1.97. The molecule has 5 heterocycles. The predicted molar refractivity (Wildman–Crippen MR) is 110 cm³/mol. The van der Waals surface area contributed by atoms with E-state index in [9.17, 15) is 4.79 Å². The number of carbonyl (C=O) groups excluding carboxylic acids is 1. The number of nitrogens with zero attached hydrogens (tertiary/aromatic N) is 5. The smallest absolute Gasteiger partial charge is 0.180 e. The summed E-state index contributed by atoms with van der Waals surface area (Å²) >= 11 is 0. The van der Waals surface area contributed by atoms with E-state index in [1.165, 1.54) is 0 Å². The number of aromatic nitrogens is 3. The fourth-order valence-electron chi connectivity index (χ4n) is 4.69. The normalized spacial score (nSPS) is 27.5. The Labute approximate surface area is 171 Å². The second-order valence-electron chi connectivity index (χ2n) is 8.98. The number of Topliss-reactive ketones (excluding diaryl/α,β-unsaturated/α-hetero) is 1. The van der Waals surface area contributed by atoms with Crippen LogP contribution >= 0.6 is 0 Å². The molecule has 1 N–H and O–H groups in total. The molecule has 2 aromatic rings. The van der Waals surface area contributed by atoms with Crippen LogP contribution in [0.5, 0.6) is 0 Å². The van der Waals surface area contributed by atoms with Crippen molar-refractivity contribution in [1.29, 1.82) is 0 Å². The minimum atomic E-state index is -0.0296. The Bertz CT molecular complexity index is 933. The maximum Gasteiger partial charge on any atom is 0.180 e. The van der Waals surface area contributed by atoms with Gasteiger partial charge in [-0.1, -0.05) is 13.8 Å². The molecule has 0 amide bonds. The second-order valence-corrected chi connectivity index (χ2v) is 8.98. The van der Waals surface area contributed by atoms with Crippen molar-refractivity contribution in [3.63, 3.8) is 0 Å². The first-order valence-electron chi connectivity index (χ1n) is 10.7. The van der Waals surface area contributed by atoms with Crippen LogP contribution in [0.2, 0.25) is 0 Å². The molecule has 0 spiro atoms. The second kappa shape index (κ2) is 7.04. The zero-order chi connectivity index (χ0) is 20.2. The highest BCUT2D eigenvalue weighted by molar-refractivity contribution is 5.93. The Hall–Kier alpha value is -2.03. The Kier molecular flexibility index (Phi) is 4.60. The summed E-state index contributed by atoms with van der Waals surface area (Å²) in [6, 6.07) is 2.22. The number of morpholine rings is 1. The molecule has 2 atom stereocenters. The van der Waals surface area contributed by atoms with Gasteiger partial charge in [0.05, 0.1) is 24.2 Å². The van der Waals surface area contributed by atoms with Crippen molar-refractivity contribution in [3.8, 4) is 0 Å². The van der Waals surface area contributed by atoms with Gasteiger partial charge in [0.1, 0.15) is 11.4 Å². The lowest BCUT2D eigenvalue weighted by Crippen LogP contribution is -2.44. The molecule has 0 aliphatic carbocycles. The molecule has 3 fully saturated rings. The molecule has 3 aliphatic heterocycles. The average Bonchev–Trinajstić information content (AvgIpc) is 3.03. The van der Waals surface area contributed by atoms with Gasteiger partial charge in [0.2, 0.25) is 0 Å². The number of piperidine rings is 1. The molecule has 5 rings (SSSR count). The number of nitrogens with one attached hydrogen (secondary N) is 1. The third kappa shape index (κ3) is 3.43. The molecular formula is C21H30N6O2. The van der Waals surface area contributed by atoms with Crippen molar-refractivity contribution in [2.24, 2.45) is 0 Å². The van der Waals surface area contributed by atoms with Crippen molar-refractivity contribution in [2.45, 2.75) is 51.3 Å². The Morgan fingerprint density at radius 3 is 2.76 bits per heavy atom. The lowest BCUT2D eigenvalue weighted by atomic mass is 10.0. The molecule has 0 saturated carbocycles. The molecule has 2 unspecified atom stereocenters. The number of rotatable bonds is 6. The van der Waals surface area contributed by atoms with E-state index in [-0.39, 0.29) is 17.4 Å². The number of anilines is 1. The molecule has 8 heteroatoms. The van der Waals surface area contributed by atoms with Crippen molar-refractivity contribution < 1.29 is 9.53 Å². The summed E-state index contributed by atoms with van der Waals surface area (Å²) < 4.78 is 7.79. The molecule has 29 heavy (non-hydrogen) atoms. The number of imidazole rings is 1. The van der Waals surface area contributed by atoms with Crippen LogP contribution in [0.15, 0.2) is 12.3 Å². The number of ketones is 1. The SMILES string of the molecule is CC(=O)c1cc(NC2CCN(CC34CN3CCO4)CC2)c2ncc(C(C)C)n2n1. The van der Waals surface area contributed by atoms with Crippen LogP contribution in [0.1, 0.15) is 55.7 Å². The summed E-state index contributed by atoms with van der Waals surface area (Å²) in [6.45, 7) is 12.0. The van der Waals surface area contributed by atoms with E-state index in [0.717, 1.165) is 69.2 Å². The van der Waals surface area contributed by atoms with E-state index >= 15 is 0 Å². The Morgan fingerprint density at radius 1 is 1.34 bits per heavy atom. The van der Waals surface area contributed by atoms with Crippen LogP contribution < -0.4 is 5.32 Å². The van der Waals surface area contributed by atoms with Gasteiger partial charge >= 0.3 is 0 Å². The number of hydrogen-bond acceptors (Lipinski definition) is 7. The van der Waals surface area contributed by atoms with Gasteiger partial charge < -0.3 is 10.1 Å². The molecule has 8 nitrogen and oxygen atoms in total. The van der Waals surface area contributed by atoms with E-state index in [0.29, 0.717) is 11.7 Å². The van der Waals surface area contributed by atoms with Gasteiger partial charge in [-0.05, 0) is 24.8 Å². The zero-order valence-electron chi connectivity index (χ0n) is 17.5. The number of ether oxygens (including phenoxy) is 1. The van der Waals surface area contributed by atoms with E-state index < -0.39 is 0 Å². The molecule has 0 aromatic carbocycles. The summed E-state index contributed by atoms with van der Waals surface area (Å²) in [5.74, 6) is 0.257. The van der Waals surface area contributed by atoms with Crippen LogP contribution in [-0.4, -0.2) is 81.3 Å². The van der Waals surface area contributed by atoms with E-state index in [4.69, 9.17) is 4.74 Å². The average molecular weight is 399 g/mol. The largest absolute Gasteiger partial charge is 0.379 e. The highest BCUT2D eigenvalue weighted by Crippen LogP contribution is 2.39. The number of hydrogen-bond donors (Lipinski definition) is 1. The summed E-state index contributed by atoms with van der Waals surface area (Å²) in [5.41, 5.74) is 3.22. The molecule has 156 valence electrons. The van der Waals surface area contributed by atoms with Crippen molar-refractivity contribution in [3.05, 3.63) is 23.7 Å². The monoisotopic (exact) mass is 398 g/mol. The van der Waals surface area contributed by atoms with E-state index in [2.05, 4.69) is 39.0 Å². The minimum absolute atomic E-state index is 0.0248. The van der Waals surface area contributed by atoms with Crippen LogP contribution in [-0.2, 0) is 4.74 Å². The topological polar surface area (TPSA) is 74.8 Å². The van der Waals surface area contributed by atoms with Gasteiger partial charge in [-0.25, -0.2) is 9.50 Å². The summed E-state index contributed by atoms with van der Waals surface area (Å²) in [6.07, 6.45) is 4.00. The number of fused-ring (bicyclic) bond motifs is 2.